The van der Waals surface area contributed by atoms with Crippen LogP contribution >= 0.6 is 11.6 Å². The number of hydrogen-bond acceptors (Lipinski definition) is 5. The van der Waals surface area contributed by atoms with Crippen molar-refractivity contribution in [1.29, 1.82) is 0 Å². The molecule has 0 atom stereocenters. The lowest BCUT2D eigenvalue weighted by Crippen LogP contribution is -2.21. The van der Waals surface area contributed by atoms with Gasteiger partial charge < -0.3 is 20.2 Å². The molecule has 2 aromatic rings. The monoisotopic (exact) mass is 338 g/mol. The Morgan fingerprint density at radius 3 is 2.78 bits per heavy atom. The highest BCUT2D eigenvalue weighted by Crippen LogP contribution is 2.31. The molecule has 0 unspecified atom stereocenters. The summed E-state index contributed by atoms with van der Waals surface area (Å²) >= 11 is 6.01. The molecule has 0 spiro atoms. The molecule has 0 fully saturated rings. The highest BCUT2D eigenvalue weighted by atomic mass is 35.5. The molecule has 0 aliphatic rings. The number of benzene rings is 1. The van der Waals surface area contributed by atoms with Crippen LogP contribution in [0.4, 0.5) is 11.5 Å². The van der Waals surface area contributed by atoms with Gasteiger partial charge in [0.05, 0.1) is 12.8 Å². The fourth-order valence-corrected chi connectivity index (χ4v) is 2.21. The highest BCUT2D eigenvalue weighted by molar-refractivity contribution is 6.31. The fourth-order valence-electron chi connectivity index (χ4n) is 2.06. The standard InChI is InChI=1S/C14H15ClN4O4/c1-8-4-11(12(23-3)5-10(8)15)17-13(20)7-18-9(2)16-6-14(18)19(21)22/h4-6H,7H2,1-3H3,(H,17,20). The lowest BCUT2D eigenvalue weighted by Gasteiger charge is -2.12. The van der Waals surface area contributed by atoms with Crippen LogP contribution in [0.5, 0.6) is 5.75 Å². The summed E-state index contributed by atoms with van der Waals surface area (Å²) in [5.74, 6) is 0.114. The number of imidazole rings is 1. The predicted octanol–water partition coefficient (Wildman–Crippen LogP) is 2.71. The first kappa shape index (κ1) is 16.8. The number of nitrogens with one attached hydrogen (secondary N) is 1. The SMILES string of the molecule is COc1cc(Cl)c(C)cc1NC(=O)Cn1c([N+](=O)[O-])cnc1C. The molecule has 1 aromatic carbocycles. The van der Waals surface area contributed by atoms with Gasteiger partial charge in [-0.2, -0.15) is 0 Å². The first-order valence-electron chi connectivity index (χ1n) is 6.64. The van der Waals surface area contributed by atoms with Crippen LogP contribution in [0, 0.1) is 24.0 Å². The van der Waals surface area contributed by atoms with Gasteiger partial charge in [-0.1, -0.05) is 11.6 Å². The van der Waals surface area contributed by atoms with E-state index in [0.29, 0.717) is 22.3 Å². The van der Waals surface area contributed by atoms with E-state index >= 15 is 0 Å². The van der Waals surface area contributed by atoms with Crippen LogP contribution in [0.15, 0.2) is 18.3 Å². The van der Waals surface area contributed by atoms with Crippen LogP contribution in [-0.4, -0.2) is 27.5 Å². The Labute approximate surface area is 137 Å². The highest BCUT2D eigenvalue weighted by Gasteiger charge is 2.21. The van der Waals surface area contributed by atoms with E-state index in [4.69, 9.17) is 16.3 Å². The Hall–Kier alpha value is -2.61. The van der Waals surface area contributed by atoms with Crippen LogP contribution in [-0.2, 0) is 11.3 Å². The number of nitrogens with zero attached hydrogens (tertiary/aromatic N) is 3. The summed E-state index contributed by atoms with van der Waals surface area (Å²) in [4.78, 5) is 26.4. The first-order chi connectivity index (χ1) is 10.8. The Bertz CT molecular complexity index is 772. The molecule has 8 nitrogen and oxygen atoms in total. The summed E-state index contributed by atoms with van der Waals surface area (Å²) in [7, 11) is 1.46. The van der Waals surface area contributed by atoms with E-state index in [0.717, 1.165) is 11.8 Å². The fraction of sp³-hybridized carbons (Fsp3) is 0.286. The maximum Gasteiger partial charge on any atom is 0.343 e. The number of ether oxygens (including phenoxy) is 1. The van der Waals surface area contributed by atoms with Crippen molar-refractivity contribution in [3.63, 3.8) is 0 Å². The van der Waals surface area contributed by atoms with Gasteiger partial charge in [0.15, 0.2) is 12.4 Å². The van der Waals surface area contributed by atoms with Crippen molar-refractivity contribution < 1.29 is 14.5 Å². The van der Waals surface area contributed by atoms with Crippen molar-refractivity contribution in [1.82, 2.24) is 9.55 Å². The molecular weight excluding hydrogens is 324 g/mol. The van der Waals surface area contributed by atoms with E-state index in [1.54, 1.807) is 26.0 Å². The van der Waals surface area contributed by atoms with E-state index in [2.05, 4.69) is 10.3 Å². The summed E-state index contributed by atoms with van der Waals surface area (Å²) < 4.78 is 6.40. The van der Waals surface area contributed by atoms with Gasteiger partial charge in [0.1, 0.15) is 11.9 Å². The molecule has 1 aromatic heterocycles. The van der Waals surface area contributed by atoms with Gasteiger partial charge in [-0.05, 0) is 23.5 Å². The number of amides is 1. The van der Waals surface area contributed by atoms with Crippen LogP contribution in [0.25, 0.3) is 0 Å². The first-order valence-corrected chi connectivity index (χ1v) is 7.01. The molecule has 0 saturated heterocycles. The minimum Gasteiger partial charge on any atom is -0.495 e. The second kappa shape index (κ2) is 6.66. The summed E-state index contributed by atoms with van der Waals surface area (Å²) in [6.45, 7) is 3.16. The van der Waals surface area contributed by atoms with Crippen molar-refractivity contribution in [2.24, 2.45) is 0 Å². The zero-order valence-corrected chi connectivity index (χ0v) is 13.5. The zero-order valence-electron chi connectivity index (χ0n) is 12.8. The number of anilines is 1. The minimum atomic E-state index is -0.583. The summed E-state index contributed by atoms with van der Waals surface area (Å²) in [5.41, 5.74) is 1.22. The predicted molar refractivity (Wildman–Crippen MR) is 85.0 cm³/mol. The van der Waals surface area contributed by atoms with Gasteiger partial charge in [-0.15, -0.1) is 0 Å². The molecule has 9 heteroatoms. The third-order valence-electron chi connectivity index (χ3n) is 3.28. The van der Waals surface area contributed by atoms with E-state index in [1.165, 1.54) is 11.7 Å². The molecule has 0 aliphatic heterocycles. The molecule has 0 saturated carbocycles. The van der Waals surface area contributed by atoms with Crippen LogP contribution < -0.4 is 10.1 Å². The molecular formula is C14H15ClN4O4. The van der Waals surface area contributed by atoms with Crippen molar-refractivity contribution in [3.05, 3.63) is 44.9 Å². The number of hydrogen-bond donors (Lipinski definition) is 1. The van der Waals surface area contributed by atoms with Crippen molar-refractivity contribution >= 4 is 29.0 Å². The molecule has 122 valence electrons. The third kappa shape index (κ3) is 3.59. The van der Waals surface area contributed by atoms with E-state index < -0.39 is 10.8 Å². The number of aryl methyl sites for hydroxylation is 2. The number of halogens is 1. The Balaban J connectivity index is 2.22. The Kier molecular flexibility index (Phi) is 4.85. The van der Waals surface area contributed by atoms with E-state index in [-0.39, 0.29) is 12.4 Å². The number of nitro groups is 1. The minimum absolute atomic E-state index is 0.229. The number of rotatable bonds is 5. The quantitative estimate of drug-likeness (QED) is 0.667. The Morgan fingerprint density at radius 1 is 1.48 bits per heavy atom. The lowest BCUT2D eigenvalue weighted by atomic mass is 10.2. The van der Waals surface area contributed by atoms with Crippen LogP contribution in [0.1, 0.15) is 11.4 Å². The molecule has 1 amide bonds. The largest absolute Gasteiger partial charge is 0.495 e. The summed E-state index contributed by atoms with van der Waals surface area (Å²) in [6.07, 6.45) is 1.12. The van der Waals surface area contributed by atoms with Crippen molar-refractivity contribution in [2.75, 3.05) is 12.4 Å². The molecule has 0 bridgehead atoms. The van der Waals surface area contributed by atoms with Crippen LogP contribution in [0.2, 0.25) is 5.02 Å². The van der Waals surface area contributed by atoms with Crippen LogP contribution in [0.3, 0.4) is 0 Å². The van der Waals surface area contributed by atoms with Gasteiger partial charge in [-0.3, -0.25) is 4.79 Å². The number of methoxy groups -OCH3 is 1. The molecule has 1 N–H and O–H groups in total. The second-order valence-corrected chi connectivity index (χ2v) is 5.26. The maximum atomic E-state index is 12.2. The zero-order chi connectivity index (χ0) is 17.1. The molecule has 2 rings (SSSR count). The number of aromatic nitrogens is 2. The number of carbonyl (C=O) groups excluding carboxylic acids is 1. The normalized spacial score (nSPS) is 10.4. The molecule has 0 radical (unpaired) electrons. The van der Waals surface area contributed by atoms with Crippen molar-refractivity contribution in [2.45, 2.75) is 20.4 Å². The van der Waals surface area contributed by atoms with E-state index in [1.807, 2.05) is 0 Å². The molecule has 23 heavy (non-hydrogen) atoms. The smallest absolute Gasteiger partial charge is 0.343 e. The van der Waals surface area contributed by atoms with Gasteiger partial charge >= 0.3 is 5.82 Å². The number of carbonyl (C=O) groups is 1. The van der Waals surface area contributed by atoms with Gasteiger partial charge in [0, 0.05) is 18.0 Å². The summed E-state index contributed by atoms with van der Waals surface area (Å²) in [6, 6.07) is 3.27. The molecule has 0 aliphatic carbocycles. The van der Waals surface area contributed by atoms with Gasteiger partial charge in [-0.25, -0.2) is 9.55 Å². The Morgan fingerprint density at radius 2 is 2.17 bits per heavy atom. The van der Waals surface area contributed by atoms with Crippen molar-refractivity contribution in [3.8, 4) is 5.75 Å². The average molecular weight is 339 g/mol. The maximum absolute atomic E-state index is 12.2. The van der Waals surface area contributed by atoms with Gasteiger partial charge in [0.25, 0.3) is 5.91 Å². The third-order valence-corrected chi connectivity index (χ3v) is 3.68. The lowest BCUT2D eigenvalue weighted by molar-refractivity contribution is -0.392. The topological polar surface area (TPSA) is 99.3 Å². The summed E-state index contributed by atoms with van der Waals surface area (Å²) in [5, 5.41) is 14.1. The van der Waals surface area contributed by atoms with E-state index in [9.17, 15) is 14.9 Å². The van der Waals surface area contributed by atoms with Gasteiger partial charge in [0.2, 0.25) is 0 Å². The average Bonchev–Trinajstić information content (AvgIpc) is 2.84. The second-order valence-electron chi connectivity index (χ2n) is 4.86. The molecule has 1 heterocycles.